The van der Waals surface area contributed by atoms with Gasteiger partial charge in [-0.25, -0.2) is 4.52 Å². The Morgan fingerprint density at radius 3 is 3.06 bits per heavy atom. The number of hydrogen-bond donors (Lipinski definition) is 1. The first kappa shape index (κ1) is 11.5. The molecule has 0 aliphatic carbocycles. The summed E-state index contributed by atoms with van der Waals surface area (Å²) < 4.78 is 1.63. The number of carbonyl (C=O) groups excluding carboxylic acids is 1. The SMILES string of the molecule is CC(CN)N(C)C(=O)c1cnn2ccncc12. The van der Waals surface area contributed by atoms with Gasteiger partial charge >= 0.3 is 0 Å². The fraction of sp³-hybridized carbons (Fsp3) is 0.364. The Hall–Kier alpha value is -1.95. The zero-order chi connectivity index (χ0) is 12.4. The Labute approximate surface area is 99.0 Å². The first-order chi connectivity index (χ1) is 8.15. The Morgan fingerprint density at radius 1 is 1.59 bits per heavy atom. The second kappa shape index (κ2) is 4.50. The zero-order valence-corrected chi connectivity index (χ0v) is 9.87. The predicted molar refractivity (Wildman–Crippen MR) is 63.6 cm³/mol. The quantitative estimate of drug-likeness (QED) is 0.818. The second-order valence-corrected chi connectivity index (χ2v) is 3.97. The fourth-order valence-electron chi connectivity index (χ4n) is 1.55. The first-order valence-electron chi connectivity index (χ1n) is 5.39. The van der Waals surface area contributed by atoms with Gasteiger partial charge in [-0.1, -0.05) is 0 Å². The fourth-order valence-corrected chi connectivity index (χ4v) is 1.55. The molecule has 17 heavy (non-hydrogen) atoms. The van der Waals surface area contributed by atoms with E-state index in [9.17, 15) is 4.79 Å². The number of amides is 1. The molecule has 0 saturated heterocycles. The van der Waals surface area contributed by atoms with E-state index in [0.29, 0.717) is 17.6 Å². The lowest BCUT2D eigenvalue weighted by Gasteiger charge is -2.23. The van der Waals surface area contributed by atoms with Crippen molar-refractivity contribution in [2.24, 2.45) is 5.73 Å². The molecule has 2 aromatic rings. The number of nitrogens with two attached hydrogens (primary N) is 1. The van der Waals surface area contributed by atoms with Crippen LogP contribution in [0.15, 0.2) is 24.8 Å². The number of hydrogen-bond acceptors (Lipinski definition) is 4. The lowest BCUT2D eigenvalue weighted by molar-refractivity contribution is 0.0750. The van der Waals surface area contributed by atoms with Crippen LogP contribution in [0.5, 0.6) is 0 Å². The van der Waals surface area contributed by atoms with Crippen molar-refractivity contribution in [3.8, 4) is 0 Å². The van der Waals surface area contributed by atoms with E-state index in [-0.39, 0.29) is 11.9 Å². The molecule has 6 heteroatoms. The van der Waals surface area contributed by atoms with Crippen LogP contribution in [-0.2, 0) is 0 Å². The van der Waals surface area contributed by atoms with Crippen LogP contribution in [0.25, 0.3) is 5.52 Å². The summed E-state index contributed by atoms with van der Waals surface area (Å²) in [6.07, 6.45) is 6.51. The topological polar surface area (TPSA) is 76.5 Å². The summed E-state index contributed by atoms with van der Waals surface area (Å²) in [5.74, 6) is -0.0917. The van der Waals surface area contributed by atoms with E-state index in [4.69, 9.17) is 5.73 Å². The summed E-state index contributed by atoms with van der Waals surface area (Å²) in [4.78, 5) is 17.8. The largest absolute Gasteiger partial charge is 0.338 e. The molecule has 0 fully saturated rings. The molecule has 0 aliphatic heterocycles. The Kier molecular flexibility index (Phi) is 3.06. The van der Waals surface area contributed by atoms with Gasteiger partial charge in [-0.2, -0.15) is 5.10 Å². The van der Waals surface area contributed by atoms with Gasteiger partial charge in [0.1, 0.15) is 0 Å². The molecule has 0 aromatic carbocycles. The minimum absolute atomic E-state index is 0.00544. The minimum atomic E-state index is -0.0917. The molecule has 1 amide bonds. The minimum Gasteiger partial charge on any atom is -0.338 e. The van der Waals surface area contributed by atoms with Crippen molar-refractivity contribution in [3.05, 3.63) is 30.4 Å². The zero-order valence-electron chi connectivity index (χ0n) is 9.87. The van der Waals surface area contributed by atoms with Crippen molar-refractivity contribution in [2.45, 2.75) is 13.0 Å². The normalized spacial score (nSPS) is 12.6. The number of nitrogens with zero attached hydrogens (tertiary/aromatic N) is 4. The van der Waals surface area contributed by atoms with E-state index >= 15 is 0 Å². The van der Waals surface area contributed by atoms with Crippen LogP contribution >= 0.6 is 0 Å². The van der Waals surface area contributed by atoms with Gasteiger partial charge < -0.3 is 10.6 Å². The van der Waals surface area contributed by atoms with Gasteiger partial charge in [0.2, 0.25) is 0 Å². The molecule has 2 N–H and O–H groups in total. The van der Waals surface area contributed by atoms with Crippen molar-refractivity contribution in [1.82, 2.24) is 19.5 Å². The molecule has 2 rings (SSSR count). The van der Waals surface area contributed by atoms with Gasteiger partial charge in [0.15, 0.2) is 0 Å². The highest BCUT2D eigenvalue weighted by atomic mass is 16.2. The highest BCUT2D eigenvalue weighted by Crippen LogP contribution is 2.12. The maximum atomic E-state index is 12.2. The summed E-state index contributed by atoms with van der Waals surface area (Å²) in [5.41, 5.74) is 6.79. The second-order valence-electron chi connectivity index (χ2n) is 3.97. The molecule has 0 saturated carbocycles. The Bertz CT molecular complexity index is 535. The molecule has 0 aliphatic rings. The monoisotopic (exact) mass is 233 g/mol. The van der Waals surface area contributed by atoms with E-state index < -0.39 is 0 Å². The summed E-state index contributed by atoms with van der Waals surface area (Å²) >= 11 is 0. The van der Waals surface area contributed by atoms with Crippen LogP contribution in [0.3, 0.4) is 0 Å². The summed E-state index contributed by atoms with van der Waals surface area (Å²) in [5, 5.41) is 4.11. The number of rotatable bonds is 3. The number of carbonyl (C=O) groups is 1. The van der Waals surface area contributed by atoms with E-state index in [1.165, 1.54) is 0 Å². The third-order valence-corrected chi connectivity index (χ3v) is 2.88. The maximum Gasteiger partial charge on any atom is 0.257 e. The van der Waals surface area contributed by atoms with Crippen LogP contribution in [0.4, 0.5) is 0 Å². The van der Waals surface area contributed by atoms with Crippen molar-refractivity contribution in [3.63, 3.8) is 0 Å². The molecular weight excluding hydrogens is 218 g/mol. The first-order valence-corrected chi connectivity index (χ1v) is 5.39. The lowest BCUT2D eigenvalue weighted by atomic mass is 10.2. The average Bonchev–Trinajstić information content (AvgIpc) is 2.79. The number of likely N-dealkylation sites (N-methyl/N-ethyl adjacent to an activating group) is 1. The van der Waals surface area contributed by atoms with E-state index in [1.807, 2.05) is 6.92 Å². The molecule has 1 unspecified atom stereocenters. The van der Waals surface area contributed by atoms with Crippen LogP contribution in [-0.4, -0.2) is 45.0 Å². The lowest BCUT2D eigenvalue weighted by Crippen LogP contribution is -2.39. The summed E-state index contributed by atoms with van der Waals surface area (Å²) in [7, 11) is 1.74. The van der Waals surface area contributed by atoms with Gasteiger partial charge in [0.25, 0.3) is 5.91 Å². The predicted octanol–water partition coefficient (Wildman–Crippen LogP) is 0.149. The third-order valence-electron chi connectivity index (χ3n) is 2.88. The third kappa shape index (κ3) is 1.99. The van der Waals surface area contributed by atoms with Crippen molar-refractivity contribution in [1.29, 1.82) is 0 Å². The van der Waals surface area contributed by atoms with Crippen LogP contribution in [0, 0.1) is 0 Å². The van der Waals surface area contributed by atoms with Crippen LogP contribution in [0.1, 0.15) is 17.3 Å². The smallest absolute Gasteiger partial charge is 0.257 e. The molecule has 6 nitrogen and oxygen atoms in total. The number of fused-ring (bicyclic) bond motifs is 1. The van der Waals surface area contributed by atoms with Gasteiger partial charge in [0.05, 0.1) is 23.5 Å². The maximum absolute atomic E-state index is 12.2. The highest BCUT2D eigenvalue weighted by Gasteiger charge is 2.19. The van der Waals surface area contributed by atoms with Crippen LogP contribution in [0.2, 0.25) is 0 Å². The van der Waals surface area contributed by atoms with Crippen LogP contribution < -0.4 is 5.73 Å². The van der Waals surface area contributed by atoms with Crippen molar-refractivity contribution in [2.75, 3.05) is 13.6 Å². The Morgan fingerprint density at radius 2 is 2.35 bits per heavy atom. The molecule has 0 radical (unpaired) electrons. The van der Waals surface area contributed by atoms with Gasteiger partial charge in [-0.15, -0.1) is 0 Å². The molecular formula is C11H15N5O. The standard InChI is InChI=1S/C11H15N5O/c1-8(5-12)15(2)11(17)9-6-14-16-4-3-13-7-10(9)16/h3-4,6-8H,5,12H2,1-2H3. The highest BCUT2D eigenvalue weighted by molar-refractivity contribution is 6.00. The average molecular weight is 233 g/mol. The molecule has 2 aromatic heterocycles. The van der Waals surface area contributed by atoms with Gasteiger partial charge in [0, 0.05) is 32.0 Å². The molecule has 90 valence electrons. The van der Waals surface area contributed by atoms with E-state index in [2.05, 4.69) is 10.1 Å². The van der Waals surface area contributed by atoms with Gasteiger partial charge in [-0.3, -0.25) is 9.78 Å². The van der Waals surface area contributed by atoms with E-state index in [0.717, 1.165) is 0 Å². The molecule has 2 heterocycles. The van der Waals surface area contributed by atoms with Crippen molar-refractivity contribution < 1.29 is 4.79 Å². The number of aromatic nitrogens is 3. The molecule has 0 spiro atoms. The summed E-state index contributed by atoms with van der Waals surface area (Å²) in [6, 6.07) is -0.00544. The van der Waals surface area contributed by atoms with Crippen molar-refractivity contribution >= 4 is 11.4 Å². The molecule has 0 bridgehead atoms. The summed E-state index contributed by atoms with van der Waals surface area (Å²) in [6.45, 7) is 2.33. The van der Waals surface area contributed by atoms with E-state index in [1.54, 1.807) is 41.3 Å². The molecule has 1 atom stereocenters. The Balaban J connectivity index is 2.37. The van der Waals surface area contributed by atoms with Gasteiger partial charge in [-0.05, 0) is 6.92 Å².